The van der Waals surface area contributed by atoms with Crippen LogP contribution in [0, 0.1) is 0 Å². The van der Waals surface area contributed by atoms with Crippen molar-refractivity contribution in [3.8, 4) is 0 Å². The first-order valence-corrected chi connectivity index (χ1v) is 2.66. The summed E-state index contributed by atoms with van der Waals surface area (Å²) in [5.74, 6) is 0. The van der Waals surface area contributed by atoms with Crippen LogP contribution in [0.15, 0.2) is 24.5 Å². The molecule has 0 aromatic carbocycles. The number of ether oxygens (including phenoxy) is 1. The van der Waals surface area contributed by atoms with Crippen LogP contribution >= 0.6 is 11.8 Å². The number of rotatable bonds is 1. The van der Waals surface area contributed by atoms with Crippen LogP contribution < -0.4 is 4.84 Å². The maximum Gasteiger partial charge on any atom is 0.181 e. The van der Waals surface area contributed by atoms with Gasteiger partial charge in [-0.05, 0) is 23.9 Å². The Bertz CT molecular complexity index is 122. The lowest BCUT2D eigenvalue weighted by Crippen LogP contribution is -2.20. The molecule has 0 aliphatic carbocycles. The highest BCUT2D eigenvalue weighted by Crippen LogP contribution is 1.98. The quantitative estimate of drug-likeness (QED) is 0.540. The normalized spacial score (nSPS) is 25.4. The fourth-order valence-corrected chi connectivity index (χ4v) is 0.572. The highest BCUT2D eigenvalue weighted by Gasteiger charge is 1.99. The number of hydrogen-bond donors (Lipinski definition) is 1. The average Bonchev–Trinajstić information content (AvgIpc) is 1.90. The standard InChI is InChI=1S/C5H6ClNO/c6-7-5-3-1-2-4-8-5/h1-5,7H. The molecule has 8 heavy (non-hydrogen) atoms. The van der Waals surface area contributed by atoms with Crippen LogP contribution in [0.4, 0.5) is 0 Å². The van der Waals surface area contributed by atoms with E-state index in [-0.39, 0.29) is 6.23 Å². The zero-order valence-corrected chi connectivity index (χ0v) is 4.93. The first-order valence-electron chi connectivity index (χ1n) is 2.28. The Labute approximate surface area is 52.9 Å². The lowest BCUT2D eigenvalue weighted by atomic mass is 10.4. The maximum atomic E-state index is 5.22. The summed E-state index contributed by atoms with van der Waals surface area (Å²) in [4.78, 5) is 2.42. The summed E-state index contributed by atoms with van der Waals surface area (Å²) in [6.45, 7) is 0. The fourth-order valence-electron chi connectivity index (χ4n) is 0.448. The van der Waals surface area contributed by atoms with Gasteiger partial charge in [0, 0.05) is 0 Å². The van der Waals surface area contributed by atoms with Gasteiger partial charge in [-0.25, -0.2) is 0 Å². The molecule has 0 radical (unpaired) electrons. The van der Waals surface area contributed by atoms with Crippen LogP contribution in [-0.2, 0) is 4.74 Å². The molecule has 0 aromatic heterocycles. The Morgan fingerprint density at radius 3 is 2.75 bits per heavy atom. The molecule has 1 heterocycles. The molecule has 1 N–H and O–H groups in total. The molecule has 1 rings (SSSR count). The van der Waals surface area contributed by atoms with E-state index in [4.69, 9.17) is 16.5 Å². The van der Waals surface area contributed by atoms with E-state index in [9.17, 15) is 0 Å². The molecule has 0 fully saturated rings. The van der Waals surface area contributed by atoms with E-state index in [0.717, 1.165) is 0 Å². The topological polar surface area (TPSA) is 21.3 Å². The SMILES string of the molecule is ClNC1C=CC=CO1. The van der Waals surface area contributed by atoms with Gasteiger partial charge in [0.1, 0.15) is 0 Å². The molecule has 2 nitrogen and oxygen atoms in total. The van der Waals surface area contributed by atoms with Gasteiger partial charge in [0.15, 0.2) is 6.23 Å². The van der Waals surface area contributed by atoms with Gasteiger partial charge >= 0.3 is 0 Å². The van der Waals surface area contributed by atoms with Gasteiger partial charge in [0.05, 0.1) is 6.26 Å². The zero-order chi connectivity index (χ0) is 5.82. The van der Waals surface area contributed by atoms with Gasteiger partial charge in [-0.3, -0.25) is 0 Å². The van der Waals surface area contributed by atoms with Crippen LogP contribution in [0.1, 0.15) is 0 Å². The predicted molar refractivity (Wildman–Crippen MR) is 32.1 cm³/mol. The molecule has 0 aromatic rings. The minimum atomic E-state index is -0.165. The summed E-state index contributed by atoms with van der Waals surface area (Å²) in [6.07, 6.45) is 6.89. The highest BCUT2D eigenvalue weighted by atomic mass is 35.5. The van der Waals surface area contributed by atoms with Crippen molar-refractivity contribution in [2.45, 2.75) is 6.23 Å². The van der Waals surface area contributed by atoms with Crippen molar-refractivity contribution in [1.82, 2.24) is 4.84 Å². The van der Waals surface area contributed by atoms with Gasteiger partial charge in [-0.1, -0.05) is 6.08 Å². The Balaban J connectivity index is 2.40. The second-order valence-corrected chi connectivity index (χ2v) is 1.60. The molecule has 0 spiro atoms. The predicted octanol–water partition coefficient (Wildman–Crippen LogP) is 1.16. The van der Waals surface area contributed by atoms with E-state index < -0.39 is 0 Å². The molecule has 1 atom stereocenters. The van der Waals surface area contributed by atoms with E-state index in [1.807, 2.05) is 12.2 Å². The molecule has 0 saturated carbocycles. The van der Waals surface area contributed by atoms with Crippen LogP contribution in [-0.4, -0.2) is 6.23 Å². The van der Waals surface area contributed by atoms with Crippen LogP contribution in [0.3, 0.4) is 0 Å². The summed E-state index contributed by atoms with van der Waals surface area (Å²) < 4.78 is 4.92. The molecule has 1 aliphatic heterocycles. The minimum Gasteiger partial charge on any atom is -0.478 e. The third-order valence-corrected chi connectivity index (χ3v) is 1.02. The molecule has 3 heteroatoms. The Morgan fingerprint density at radius 2 is 2.38 bits per heavy atom. The minimum absolute atomic E-state index is 0.165. The molecule has 0 bridgehead atoms. The Morgan fingerprint density at radius 1 is 1.50 bits per heavy atom. The van der Waals surface area contributed by atoms with Gasteiger partial charge in [0.2, 0.25) is 0 Å². The third-order valence-electron chi connectivity index (χ3n) is 0.808. The van der Waals surface area contributed by atoms with Crippen molar-refractivity contribution < 1.29 is 4.74 Å². The summed E-state index contributed by atoms with van der Waals surface area (Å²) in [5, 5.41) is 0. The number of hydrogen-bond acceptors (Lipinski definition) is 2. The van der Waals surface area contributed by atoms with Crippen molar-refractivity contribution in [3.63, 3.8) is 0 Å². The van der Waals surface area contributed by atoms with E-state index in [1.165, 1.54) is 0 Å². The van der Waals surface area contributed by atoms with Gasteiger partial charge in [-0.2, -0.15) is 4.84 Å². The van der Waals surface area contributed by atoms with Crippen molar-refractivity contribution in [2.75, 3.05) is 0 Å². The van der Waals surface area contributed by atoms with Crippen molar-refractivity contribution >= 4 is 11.8 Å². The smallest absolute Gasteiger partial charge is 0.181 e. The molecule has 0 amide bonds. The Hall–Kier alpha value is -0.470. The first kappa shape index (κ1) is 5.66. The highest BCUT2D eigenvalue weighted by molar-refractivity contribution is 6.13. The summed E-state index contributed by atoms with van der Waals surface area (Å²) in [6, 6.07) is 0. The molecule has 44 valence electrons. The lowest BCUT2D eigenvalue weighted by molar-refractivity contribution is 0.175. The monoisotopic (exact) mass is 131 g/mol. The first-order chi connectivity index (χ1) is 3.93. The zero-order valence-electron chi connectivity index (χ0n) is 4.17. The largest absolute Gasteiger partial charge is 0.478 e. The van der Waals surface area contributed by atoms with E-state index in [0.29, 0.717) is 0 Å². The van der Waals surface area contributed by atoms with Gasteiger partial charge < -0.3 is 4.74 Å². The summed E-state index contributed by atoms with van der Waals surface area (Å²) in [7, 11) is 0. The molecule has 1 aliphatic rings. The van der Waals surface area contributed by atoms with Crippen molar-refractivity contribution in [1.29, 1.82) is 0 Å². The van der Waals surface area contributed by atoms with Crippen molar-refractivity contribution in [3.05, 3.63) is 24.5 Å². The molecular weight excluding hydrogens is 126 g/mol. The van der Waals surface area contributed by atoms with Crippen molar-refractivity contribution in [2.24, 2.45) is 0 Å². The van der Waals surface area contributed by atoms with Crippen LogP contribution in [0.2, 0.25) is 0 Å². The molecule has 1 unspecified atom stereocenters. The molecule has 0 saturated heterocycles. The van der Waals surface area contributed by atoms with Gasteiger partial charge in [-0.15, -0.1) is 0 Å². The van der Waals surface area contributed by atoms with Crippen LogP contribution in [0.5, 0.6) is 0 Å². The number of allylic oxidation sites excluding steroid dienone is 2. The van der Waals surface area contributed by atoms with E-state index >= 15 is 0 Å². The lowest BCUT2D eigenvalue weighted by Gasteiger charge is -2.10. The number of nitrogens with one attached hydrogen (secondary N) is 1. The maximum absolute atomic E-state index is 5.22. The number of halogens is 1. The third kappa shape index (κ3) is 1.25. The second-order valence-electron chi connectivity index (χ2n) is 1.38. The second kappa shape index (κ2) is 2.74. The van der Waals surface area contributed by atoms with E-state index in [2.05, 4.69) is 4.84 Å². The summed E-state index contributed by atoms with van der Waals surface area (Å²) >= 11 is 5.22. The van der Waals surface area contributed by atoms with E-state index in [1.54, 1.807) is 12.3 Å². The summed E-state index contributed by atoms with van der Waals surface area (Å²) in [5.41, 5.74) is 0. The van der Waals surface area contributed by atoms with Crippen LogP contribution in [0.25, 0.3) is 0 Å². The van der Waals surface area contributed by atoms with Gasteiger partial charge in [0.25, 0.3) is 0 Å². The molecular formula is C5H6ClNO. The fraction of sp³-hybridized carbons (Fsp3) is 0.200. The Kier molecular flexibility index (Phi) is 1.94. The average molecular weight is 132 g/mol.